The molecule has 0 aromatic heterocycles. The molecule has 0 radical (unpaired) electrons. The molecule has 1 atom stereocenters. The zero-order valence-corrected chi connectivity index (χ0v) is 16.8. The summed E-state index contributed by atoms with van der Waals surface area (Å²) in [6.07, 6.45) is 7.27. The van der Waals surface area contributed by atoms with Gasteiger partial charge in [0, 0.05) is 38.4 Å². The molecular weight excluding hydrogens is 342 g/mol. The van der Waals surface area contributed by atoms with E-state index in [1.54, 1.807) is 14.2 Å². The first-order chi connectivity index (χ1) is 13.1. The van der Waals surface area contributed by atoms with E-state index < -0.39 is 0 Å². The van der Waals surface area contributed by atoms with Crippen LogP contribution in [0.15, 0.2) is 23.2 Å². The molecule has 2 fully saturated rings. The van der Waals surface area contributed by atoms with Crippen LogP contribution in [0, 0.1) is 0 Å². The molecule has 0 amide bonds. The third-order valence-corrected chi connectivity index (χ3v) is 5.47. The summed E-state index contributed by atoms with van der Waals surface area (Å²) in [5, 5.41) is 6.78. The standard InChI is InChI=1S/C21H33N3O3/c1-21(11-6-12-26-21)15-24-20(22-2)23-14-16-9-10-18(25-3)13-19(16)27-17-7-4-5-8-17/h9-10,13,17H,4-8,11-12,14-15H2,1-3H3,(H2,22,23,24). The van der Waals surface area contributed by atoms with E-state index in [1.807, 2.05) is 12.1 Å². The molecule has 1 aromatic rings. The first-order valence-corrected chi connectivity index (χ1v) is 10.0. The molecule has 1 saturated heterocycles. The Morgan fingerprint density at radius 2 is 2.07 bits per heavy atom. The minimum Gasteiger partial charge on any atom is -0.497 e. The van der Waals surface area contributed by atoms with Crippen molar-refractivity contribution in [1.82, 2.24) is 10.6 Å². The predicted molar refractivity (Wildman–Crippen MR) is 108 cm³/mol. The molecular formula is C21H33N3O3. The zero-order valence-electron chi connectivity index (χ0n) is 16.8. The molecule has 0 bridgehead atoms. The molecule has 0 spiro atoms. The van der Waals surface area contributed by atoms with Crippen molar-refractivity contribution in [1.29, 1.82) is 0 Å². The fraction of sp³-hybridized carbons (Fsp3) is 0.667. The Hall–Kier alpha value is -1.95. The monoisotopic (exact) mass is 375 g/mol. The number of ether oxygens (including phenoxy) is 3. The summed E-state index contributed by atoms with van der Waals surface area (Å²) in [4.78, 5) is 4.34. The predicted octanol–water partition coefficient (Wildman–Crippen LogP) is 3.25. The second-order valence-electron chi connectivity index (χ2n) is 7.68. The number of guanidine groups is 1. The second kappa shape index (κ2) is 9.31. The molecule has 150 valence electrons. The molecule has 1 saturated carbocycles. The van der Waals surface area contributed by atoms with Crippen molar-refractivity contribution in [2.45, 2.75) is 63.7 Å². The number of aliphatic imine (C=N–C) groups is 1. The van der Waals surface area contributed by atoms with Gasteiger partial charge < -0.3 is 24.8 Å². The Labute approximate surface area is 162 Å². The maximum absolute atomic E-state index is 6.27. The Balaban J connectivity index is 1.59. The van der Waals surface area contributed by atoms with Crippen molar-refractivity contribution in [2.75, 3.05) is 27.3 Å². The summed E-state index contributed by atoms with van der Waals surface area (Å²) in [6, 6.07) is 6.02. The highest BCUT2D eigenvalue weighted by molar-refractivity contribution is 5.79. The second-order valence-corrected chi connectivity index (χ2v) is 7.68. The van der Waals surface area contributed by atoms with E-state index in [-0.39, 0.29) is 5.60 Å². The summed E-state index contributed by atoms with van der Waals surface area (Å²) < 4.78 is 17.5. The minimum atomic E-state index is -0.103. The maximum atomic E-state index is 6.27. The van der Waals surface area contributed by atoms with E-state index in [0.29, 0.717) is 12.6 Å². The lowest BCUT2D eigenvalue weighted by molar-refractivity contribution is 0.0243. The number of nitrogens with one attached hydrogen (secondary N) is 2. The van der Waals surface area contributed by atoms with Gasteiger partial charge >= 0.3 is 0 Å². The van der Waals surface area contributed by atoms with Gasteiger partial charge in [-0.2, -0.15) is 0 Å². The first kappa shape index (κ1) is 19.8. The van der Waals surface area contributed by atoms with Crippen molar-refractivity contribution in [3.05, 3.63) is 23.8 Å². The van der Waals surface area contributed by atoms with Crippen LogP contribution in [0.25, 0.3) is 0 Å². The summed E-state index contributed by atoms with van der Waals surface area (Å²) in [5.41, 5.74) is 1.00. The molecule has 1 unspecified atom stereocenters. The van der Waals surface area contributed by atoms with Crippen LogP contribution in [-0.2, 0) is 11.3 Å². The molecule has 1 heterocycles. The van der Waals surface area contributed by atoms with Crippen molar-refractivity contribution >= 4 is 5.96 Å². The number of benzene rings is 1. The summed E-state index contributed by atoms with van der Waals surface area (Å²) >= 11 is 0. The number of hydrogen-bond acceptors (Lipinski definition) is 4. The molecule has 6 nitrogen and oxygen atoms in total. The average molecular weight is 376 g/mol. The van der Waals surface area contributed by atoms with E-state index >= 15 is 0 Å². The van der Waals surface area contributed by atoms with Crippen LogP contribution >= 0.6 is 0 Å². The topological polar surface area (TPSA) is 64.1 Å². The summed E-state index contributed by atoms with van der Waals surface area (Å²) in [7, 11) is 3.47. The normalized spacial score (nSPS) is 23.4. The van der Waals surface area contributed by atoms with E-state index in [2.05, 4.69) is 28.6 Å². The van der Waals surface area contributed by atoms with Crippen molar-refractivity contribution in [2.24, 2.45) is 4.99 Å². The largest absolute Gasteiger partial charge is 0.497 e. The summed E-state index contributed by atoms with van der Waals surface area (Å²) in [6.45, 7) is 4.39. The fourth-order valence-corrected chi connectivity index (χ4v) is 3.75. The van der Waals surface area contributed by atoms with Gasteiger partial charge in [0.1, 0.15) is 11.5 Å². The third kappa shape index (κ3) is 5.51. The van der Waals surface area contributed by atoms with E-state index in [1.165, 1.54) is 12.8 Å². The molecule has 1 aliphatic carbocycles. The van der Waals surface area contributed by atoms with Crippen LogP contribution in [0.5, 0.6) is 11.5 Å². The van der Waals surface area contributed by atoms with Crippen LogP contribution in [0.2, 0.25) is 0 Å². The van der Waals surface area contributed by atoms with Crippen LogP contribution in [0.3, 0.4) is 0 Å². The highest BCUT2D eigenvalue weighted by atomic mass is 16.5. The lowest BCUT2D eigenvalue weighted by Gasteiger charge is -2.25. The van der Waals surface area contributed by atoms with Gasteiger partial charge in [-0.05, 0) is 57.6 Å². The molecule has 27 heavy (non-hydrogen) atoms. The SMILES string of the molecule is CN=C(NCc1ccc(OC)cc1OC1CCCC1)NCC1(C)CCCO1. The van der Waals surface area contributed by atoms with Crippen molar-refractivity contribution in [3.63, 3.8) is 0 Å². The van der Waals surface area contributed by atoms with Gasteiger partial charge in [-0.1, -0.05) is 0 Å². The van der Waals surface area contributed by atoms with Crippen LogP contribution in [0.4, 0.5) is 0 Å². The van der Waals surface area contributed by atoms with Crippen LogP contribution in [-0.4, -0.2) is 45.0 Å². The Morgan fingerprint density at radius 1 is 1.26 bits per heavy atom. The maximum Gasteiger partial charge on any atom is 0.191 e. The Bertz CT molecular complexity index is 636. The average Bonchev–Trinajstić information content (AvgIpc) is 3.35. The number of rotatable bonds is 7. The highest BCUT2D eigenvalue weighted by Gasteiger charge is 2.29. The number of hydrogen-bond donors (Lipinski definition) is 2. The molecule has 6 heteroatoms. The molecule has 2 N–H and O–H groups in total. The molecule has 1 aromatic carbocycles. The lowest BCUT2D eigenvalue weighted by Crippen LogP contribution is -2.45. The smallest absolute Gasteiger partial charge is 0.191 e. The number of nitrogens with zero attached hydrogens (tertiary/aromatic N) is 1. The van der Waals surface area contributed by atoms with E-state index in [4.69, 9.17) is 14.2 Å². The van der Waals surface area contributed by atoms with Gasteiger partial charge in [-0.3, -0.25) is 4.99 Å². The first-order valence-electron chi connectivity index (χ1n) is 10.0. The Morgan fingerprint density at radius 3 is 2.74 bits per heavy atom. The van der Waals surface area contributed by atoms with Crippen LogP contribution < -0.4 is 20.1 Å². The van der Waals surface area contributed by atoms with Gasteiger partial charge in [-0.25, -0.2) is 0 Å². The van der Waals surface area contributed by atoms with Gasteiger partial charge in [0.25, 0.3) is 0 Å². The van der Waals surface area contributed by atoms with Gasteiger partial charge in [0.05, 0.1) is 18.8 Å². The van der Waals surface area contributed by atoms with E-state index in [9.17, 15) is 0 Å². The van der Waals surface area contributed by atoms with Crippen molar-refractivity contribution < 1.29 is 14.2 Å². The molecule has 1 aliphatic heterocycles. The van der Waals surface area contributed by atoms with Gasteiger partial charge in [0.15, 0.2) is 5.96 Å². The minimum absolute atomic E-state index is 0.103. The third-order valence-electron chi connectivity index (χ3n) is 5.47. The molecule has 3 rings (SSSR count). The van der Waals surface area contributed by atoms with E-state index in [0.717, 1.165) is 61.9 Å². The lowest BCUT2D eigenvalue weighted by atomic mass is 10.0. The molecule has 2 aliphatic rings. The quantitative estimate of drug-likeness (QED) is 0.566. The summed E-state index contributed by atoms with van der Waals surface area (Å²) in [5.74, 6) is 2.49. The van der Waals surface area contributed by atoms with Crippen LogP contribution in [0.1, 0.15) is 51.0 Å². The zero-order chi connectivity index (χ0) is 19.1. The van der Waals surface area contributed by atoms with Crippen molar-refractivity contribution in [3.8, 4) is 11.5 Å². The van der Waals surface area contributed by atoms with Gasteiger partial charge in [0.2, 0.25) is 0 Å². The number of methoxy groups -OCH3 is 1. The highest BCUT2D eigenvalue weighted by Crippen LogP contribution is 2.30. The van der Waals surface area contributed by atoms with Gasteiger partial charge in [-0.15, -0.1) is 0 Å². The fourth-order valence-electron chi connectivity index (χ4n) is 3.75. The Kier molecular flexibility index (Phi) is 6.83.